The lowest BCUT2D eigenvalue weighted by molar-refractivity contribution is 1.61. The smallest absolute Gasteiger partial charge is 0.0398 e. The Hall–Kier alpha value is -2.15. The van der Waals surface area contributed by atoms with Crippen LogP contribution >= 0.6 is 45.3 Å². The zero-order valence-electron chi connectivity index (χ0n) is 14.7. The van der Waals surface area contributed by atoms with Crippen molar-refractivity contribution >= 4 is 97.0 Å². The van der Waals surface area contributed by atoms with Gasteiger partial charge in [-0.05, 0) is 71.1 Å². The van der Waals surface area contributed by atoms with Gasteiger partial charge in [0.25, 0.3) is 0 Å². The van der Waals surface area contributed by atoms with E-state index in [9.17, 15) is 0 Å². The number of thiophene rings is 2. The van der Waals surface area contributed by atoms with Crippen LogP contribution in [-0.4, -0.2) is 0 Å². The summed E-state index contributed by atoms with van der Waals surface area (Å²) < 4.78 is 6.64. The maximum Gasteiger partial charge on any atom is 0.0398 e. The molecular weight excluding hydrogens is 493 g/mol. The van der Waals surface area contributed by atoms with Gasteiger partial charge in [-0.1, -0.05) is 30.3 Å². The fourth-order valence-corrected chi connectivity index (χ4v) is 6.77. The molecule has 0 bridgehead atoms. The van der Waals surface area contributed by atoms with Crippen LogP contribution in [-0.2, 0) is 0 Å². The summed E-state index contributed by atoms with van der Waals surface area (Å²) in [5.41, 5.74) is 2.26. The molecule has 0 atom stereocenters. The summed E-state index contributed by atoms with van der Waals surface area (Å²) in [5.74, 6) is 0. The molecule has 0 fully saturated rings. The maximum atomic E-state index is 3.61. The first-order valence-electron chi connectivity index (χ1n) is 9.05. The van der Waals surface area contributed by atoms with Crippen LogP contribution in [0.15, 0.2) is 78.9 Å². The van der Waals surface area contributed by atoms with Crippen LogP contribution < -0.4 is 5.32 Å². The van der Waals surface area contributed by atoms with Crippen LogP contribution in [0.4, 0.5) is 11.4 Å². The highest BCUT2D eigenvalue weighted by Crippen LogP contribution is 2.38. The lowest BCUT2D eigenvalue weighted by Gasteiger charge is -2.07. The predicted octanol–water partition coefficient (Wildman–Crippen LogP) is 8.77. The average Bonchev–Trinajstić information content (AvgIpc) is 3.24. The molecule has 0 amide bonds. The number of hydrogen-bond acceptors (Lipinski definition) is 3. The van der Waals surface area contributed by atoms with Gasteiger partial charge in [0.2, 0.25) is 0 Å². The van der Waals surface area contributed by atoms with Gasteiger partial charge in [-0.25, -0.2) is 0 Å². The molecule has 0 aliphatic heterocycles. The molecule has 0 spiro atoms. The number of fused-ring (bicyclic) bond motifs is 6. The average molecular weight is 507 g/mol. The summed E-state index contributed by atoms with van der Waals surface area (Å²) in [5, 5.41) is 8.94. The van der Waals surface area contributed by atoms with Crippen LogP contribution in [0.5, 0.6) is 0 Å². The van der Waals surface area contributed by atoms with E-state index in [1.165, 1.54) is 43.9 Å². The normalized spacial score (nSPS) is 11.8. The van der Waals surface area contributed by atoms with E-state index < -0.39 is 0 Å². The Kier molecular flexibility index (Phi) is 3.86. The highest BCUT2D eigenvalue weighted by molar-refractivity contribution is 14.1. The lowest BCUT2D eigenvalue weighted by Crippen LogP contribution is -1.89. The Balaban J connectivity index is 1.43. The quantitative estimate of drug-likeness (QED) is 0.231. The van der Waals surface area contributed by atoms with Crippen LogP contribution in [0.1, 0.15) is 0 Å². The van der Waals surface area contributed by atoms with Crippen molar-refractivity contribution in [2.75, 3.05) is 5.32 Å². The highest BCUT2D eigenvalue weighted by Gasteiger charge is 2.08. The fraction of sp³-hybridized carbons (Fsp3) is 0. The zero-order chi connectivity index (χ0) is 18.7. The summed E-state index contributed by atoms with van der Waals surface area (Å²) in [6.45, 7) is 0. The Bertz CT molecular complexity index is 1510. The summed E-state index contributed by atoms with van der Waals surface area (Å²) in [6, 6.07) is 28.7. The molecule has 2 aromatic heterocycles. The van der Waals surface area contributed by atoms with Gasteiger partial charge < -0.3 is 5.32 Å². The SMILES string of the molecule is Ic1ccc2c(c1)sc1cc(Nc3ccc4sc5ccccc5c4c3)ccc12. The Morgan fingerprint density at radius 3 is 2.11 bits per heavy atom. The minimum Gasteiger partial charge on any atom is -0.355 e. The van der Waals surface area contributed by atoms with Crippen molar-refractivity contribution in [2.45, 2.75) is 0 Å². The molecule has 0 saturated carbocycles. The van der Waals surface area contributed by atoms with Gasteiger partial charge in [0, 0.05) is 55.3 Å². The third-order valence-electron chi connectivity index (χ3n) is 5.10. The topological polar surface area (TPSA) is 12.0 Å². The van der Waals surface area contributed by atoms with Crippen LogP contribution in [0.2, 0.25) is 0 Å². The summed E-state index contributed by atoms with van der Waals surface area (Å²) in [6.07, 6.45) is 0. The van der Waals surface area contributed by atoms with E-state index in [-0.39, 0.29) is 0 Å². The summed E-state index contributed by atoms with van der Waals surface area (Å²) in [7, 11) is 0. The molecule has 0 saturated heterocycles. The first kappa shape index (κ1) is 16.8. The first-order chi connectivity index (χ1) is 13.7. The number of rotatable bonds is 2. The number of halogens is 1. The Morgan fingerprint density at radius 1 is 0.536 bits per heavy atom. The van der Waals surface area contributed by atoms with Crippen molar-refractivity contribution in [1.29, 1.82) is 0 Å². The van der Waals surface area contributed by atoms with Crippen molar-refractivity contribution in [1.82, 2.24) is 0 Å². The summed E-state index contributed by atoms with van der Waals surface area (Å²) in [4.78, 5) is 0. The molecule has 4 heteroatoms. The molecule has 0 aliphatic carbocycles. The zero-order valence-corrected chi connectivity index (χ0v) is 18.5. The van der Waals surface area contributed by atoms with E-state index in [0.717, 1.165) is 11.4 Å². The second kappa shape index (κ2) is 6.44. The second-order valence-corrected chi connectivity index (χ2v) is 10.3. The number of hydrogen-bond donors (Lipinski definition) is 1. The van der Waals surface area contributed by atoms with Gasteiger partial charge in [-0.2, -0.15) is 0 Å². The molecule has 0 aliphatic rings. The lowest BCUT2D eigenvalue weighted by atomic mass is 10.1. The minimum atomic E-state index is 1.13. The largest absolute Gasteiger partial charge is 0.355 e. The minimum absolute atomic E-state index is 1.13. The Morgan fingerprint density at radius 2 is 1.18 bits per heavy atom. The Labute approximate surface area is 183 Å². The molecular formula is C24H14INS2. The highest BCUT2D eigenvalue weighted by atomic mass is 127. The van der Waals surface area contributed by atoms with Crippen molar-refractivity contribution < 1.29 is 0 Å². The van der Waals surface area contributed by atoms with Crippen LogP contribution in [0.25, 0.3) is 40.3 Å². The van der Waals surface area contributed by atoms with Gasteiger partial charge >= 0.3 is 0 Å². The molecule has 1 nitrogen and oxygen atoms in total. The second-order valence-electron chi connectivity index (χ2n) is 6.89. The van der Waals surface area contributed by atoms with Gasteiger partial charge in [-0.3, -0.25) is 0 Å². The molecule has 0 unspecified atom stereocenters. The fourth-order valence-electron chi connectivity index (χ4n) is 3.80. The van der Waals surface area contributed by atoms with Gasteiger partial charge in [-0.15, -0.1) is 22.7 Å². The van der Waals surface area contributed by atoms with Crippen molar-refractivity contribution in [2.24, 2.45) is 0 Å². The summed E-state index contributed by atoms with van der Waals surface area (Å²) >= 11 is 6.10. The van der Waals surface area contributed by atoms with Crippen molar-refractivity contribution in [3.05, 3.63) is 82.4 Å². The molecule has 0 radical (unpaired) electrons. The third-order valence-corrected chi connectivity index (χ3v) is 8.04. The van der Waals surface area contributed by atoms with E-state index >= 15 is 0 Å². The van der Waals surface area contributed by atoms with Gasteiger partial charge in [0.15, 0.2) is 0 Å². The maximum absolute atomic E-state index is 3.61. The number of nitrogens with one attached hydrogen (secondary N) is 1. The molecule has 1 N–H and O–H groups in total. The molecule has 6 rings (SSSR count). The van der Waals surface area contributed by atoms with E-state index in [1.54, 1.807) is 0 Å². The standard InChI is InChI=1S/C24H14INS2/c25-14-5-8-18-19-9-6-16(13-24(19)28-23(18)11-14)26-15-7-10-22-20(12-15)17-3-1-2-4-21(17)27-22/h1-13,26H. The van der Waals surface area contributed by atoms with E-state index in [4.69, 9.17) is 0 Å². The monoisotopic (exact) mass is 507 g/mol. The van der Waals surface area contributed by atoms with Crippen molar-refractivity contribution in [3.63, 3.8) is 0 Å². The third kappa shape index (κ3) is 2.70. The molecule has 134 valence electrons. The first-order valence-corrected chi connectivity index (χ1v) is 11.8. The van der Waals surface area contributed by atoms with E-state index in [0.29, 0.717) is 0 Å². The molecule has 6 aromatic rings. The van der Waals surface area contributed by atoms with Crippen molar-refractivity contribution in [3.8, 4) is 0 Å². The van der Waals surface area contributed by atoms with Gasteiger partial charge in [0.05, 0.1) is 0 Å². The molecule has 4 aromatic carbocycles. The van der Waals surface area contributed by atoms with E-state index in [1.807, 2.05) is 22.7 Å². The van der Waals surface area contributed by atoms with Crippen LogP contribution in [0.3, 0.4) is 0 Å². The number of benzene rings is 4. The predicted molar refractivity (Wildman–Crippen MR) is 135 cm³/mol. The van der Waals surface area contributed by atoms with Gasteiger partial charge in [0.1, 0.15) is 0 Å². The van der Waals surface area contributed by atoms with E-state index in [2.05, 4.69) is 107 Å². The molecule has 2 heterocycles. The van der Waals surface area contributed by atoms with Crippen LogP contribution in [0, 0.1) is 3.57 Å². The molecule has 28 heavy (non-hydrogen) atoms. The number of anilines is 2.